The maximum atomic E-state index is 12.6. The van der Waals surface area contributed by atoms with Crippen LogP contribution >= 0.6 is 0 Å². The third-order valence-corrected chi connectivity index (χ3v) is 6.84. The van der Waals surface area contributed by atoms with Gasteiger partial charge in [-0.15, -0.1) is 69.1 Å². The van der Waals surface area contributed by atoms with Crippen molar-refractivity contribution < 1.29 is 77.0 Å². The molecule has 6 aromatic carbocycles. The number of fused-ring (bicyclic) bond motifs is 2. The van der Waals surface area contributed by atoms with Crippen molar-refractivity contribution in [3.05, 3.63) is 131 Å². The van der Waals surface area contributed by atoms with E-state index in [2.05, 4.69) is 37.4 Å². The first kappa shape index (κ1) is 41.4. The molecule has 0 aliphatic rings. The molecule has 0 nitrogen and oxygen atoms in total. The Balaban J connectivity index is 0.000000400. The summed E-state index contributed by atoms with van der Waals surface area (Å²) in [4.78, 5) is 0. The fourth-order valence-corrected chi connectivity index (χ4v) is 4.95. The van der Waals surface area contributed by atoms with E-state index in [4.69, 9.17) is 0 Å². The van der Waals surface area contributed by atoms with Gasteiger partial charge in [0.2, 0.25) is 0 Å². The first-order valence-corrected chi connectivity index (χ1v) is 15.6. The summed E-state index contributed by atoms with van der Waals surface area (Å²) in [6.45, 7) is 8.33. The summed E-state index contributed by atoms with van der Waals surface area (Å²) in [5.74, 6) is 0. The smallest absolute Gasteiger partial charge is 1.00 e. The fraction of sp³-hybridized carbons (Fsp3) is 0.167. The molecule has 238 valence electrons. The summed E-state index contributed by atoms with van der Waals surface area (Å²) in [6, 6.07) is 30.6. The van der Waals surface area contributed by atoms with Crippen molar-refractivity contribution in [3.63, 3.8) is 0 Å². The van der Waals surface area contributed by atoms with Gasteiger partial charge in [-0.05, 0) is 35.4 Å². The van der Waals surface area contributed by atoms with Crippen molar-refractivity contribution >= 4 is 31.1 Å². The summed E-state index contributed by atoms with van der Waals surface area (Å²) in [5.41, 5.74) is 4.59. The zero-order valence-electron chi connectivity index (χ0n) is 25.4. The van der Waals surface area contributed by atoms with Gasteiger partial charge in [0.15, 0.2) is 0 Å². The van der Waals surface area contributed by atoms with E-state index in [0.717, 1.165) is 88.7 Å². The molecular formula is C36H30Cl2F6HfSi. The number of rotatable bonds is 2. The molecule has 6 rings (SSSR count). The molecule has 0 aliphatic heterocycles. The van der Waals surface area contributed by atoms with Gasteiger partial charge in [-0.3, -0.25) is 0 Å². The van der Waals surface area contributed by atoms with Crippen molar-refractivity contribution in [1.82, 2.24) is 0 Å². The second kappa shape index (κ2) is 17.5. The van der Waals surface area contributed by atoms with Crippen LogP contribution in [0.25, 0.3) is 43.8 Å². The van der Waals surface area contributed by atoms with Gasteiger partial charge in [-0.2, -0.15) is 38.5 Å². The summed E-state index contributed by atoms with van der Waals surface area (Å²) in [5, 5.41) is 4.37. The van der Waals surface area contributed by atoms with Gasteiger partial charge in [0, 0.05) is 9.52 Å². The number of alkyl halides is 6. The van der Waals surface area contributed by atoms with E-state index in [1.165, 1.54) is 24.3 Å². The quantitative estimate of drug-likeness (QED) is 0.116. The number of benzene rings is 4. The first-order chi connectivity index (χ1) is 20.3. The Hall–Kier alpha value is -2.65. The van der Waals surface area contributed by atoms with Crippen molar-refractivity contribution in [1.29, 1.82) is 0 Å². The van der Waals surface area contributed by atoms with Crippen molar-refractivity contribution in [2.75, 3.05) is 0 Å². The Labute approximate surface area is 299 Å². The average molecular weight is 854 g/mol. The molecule has 0 amide bonds. The van der Waals surface area contributed by atoms with Crippen LogP contribution in [0, 0.1) is 13.8 Å². The van der Waals surface area contributed by atoms with Gasteiger partial charge in [-0.1, -0.05) is 74.5 Å². The van der Waals surface area contributed by atoms with E-state index in [-0.39, 0.29) is 50.7 Å². The Bertz CT molecular complexity index is 1670. The summed E-state index contributed by atoms with van der Waals surface area (Å²) in [7, 11) is 1.08. The van der Waals surface area contributed by atoms with Crippen LogP contribution in [-0.4, -0.2) is 9.52 Å². The van der Waals surface area contributed by atoms with E-state index in [9.17, 15) is 26.3 Å². The van der Waals surface area contributed by atoms with E-state index in [1.54, 1.807) is 0 Å². The zero-order valence-corrected chi connectivity index (χ0v) is 31.5. The maximum Gasteiger partial charge on any atom is 4.00 e. The largest absolute Gasteiger partial charge is 4.00 e. The first-order valence-electron chi connectivity index (χ1n) is 13.6. The minimum atomic E-state index is -4.29. The van der Waals surface area contributed by atoms with Crippen LogP contribution in [0.15, 0.2) is 109 Å². The van der Waals surface area contributed by atoms with E-state index < -0.39 is 23.5 Å². The molecule has 0 unspecified atom stereocenters. The molecule has 2 radical (unpaired) electrons. The Kier molecular flexibility index (Phi) is 15.7. The Morgan fingerprint density at radius 3 is 1.11 bits per heavy atom. The van der Waals surface area contributed by atoms with Crippen LogP contribution < -0.4 is 24.8 Å². The van der Waals surface area contributed by atoms with Crippen molar-refractivity contribution in [2.45, 2.75) is 39.3 Å². The topological polar surface area (TPSA) is 0 Å². The monoisotopic (exact) mass is 854 g/mol. The molecule has 0 saturated carbocycles. The molecule has 6 aromatic rings. The van der Waals surface area contributed by atoms with E-state index in [0.29, 0.717) is 0 Å². The Morgan fingerprint density at radius 2 is 0.826 bits per heavy atom. The standard InChI is InChI=1S/2C17H12F3.C2H6Si.2ClH.Hf/c2*1-11-9-13-3-2-4-15(16(13)10-11)12-5-7-14(8-6-12)17(18,19)20;1-3-2;;;/h2*2-10H,1H3;1-2H3;2*1H;/q2*-1;;;;+4/p-2. The van der Waals surface area contributed by atoms with Gasteiger partial charge in [0.1, 0.15) is 0 Å². The van der Waals surface area contributed by atoms with Crippen LogP contribution in [-0.2, 0) is 38.2 Å². The summed E-state index contributed by atoms with van der Waals surface area (Å²) >= 11 is 0. The maximum absolute atomic E-state index is 12.6. The zero-order chi connectivity index (χ0) is 31.4. The average Bonchev–Trinajstić information content (AvgIpc) is 3.53. The van der Waals surface area contributed by atoms with Gasteiger partial charge >= 0.3 is 38.2 Å². The van der Waals surface area contributed by atoms with Gasteiger partial charge < -0.3 is 24.8 Å². The van der Waals surface area contributed by atoms with E-state index in [1.807, 2.05) is 50.2 Å². The van der Waals surface area contributed by atoms with E-state index >= 15 is 0 Å². The van der Waals surface area contributed by atoms with Crippen LogP contribution in [0.1, 0.15) is 22.3 Å². The molecule has 0 aromatic heterocycles. The number of hydrogen-bond acceptors (Lipinski definition) is 0. The van der Waals surface area contributed by atoms with Crippen LogP contribution in [0.2, 0.25) is 13.1 Å². The van der Waals surface area contributed by atoms with Gasteiger partial charge in [-0.25, -0.2) is 0 Å². The van der Waals surface area contributed by atoms with Crippen LogP contribution in [0.5, 0.6) is 0 Å². The SMILES string of the molecule is C[Si]C.Cc1cc2c(-c3ccc(C(F)(F)F)cc3)cccc2[cH-]1.Cc1cc2c(-c3ccc(C(F)(F)F)cc3)cccc2[cH-]1.[Cl-].[Cl-].[Hf+4]. The summed E-state index contributed by atoms with van der Waals surface area (Å²) in [6.07, 6.45) is -8.58. The molecular weight excluding hydrogens is 824 g/mol. The van der Waals surface area contributed by atoms with Gasteiger partial charge in [0.25, 0.3) is 0 Å². The molecule has 0 spiro atoms. The predicted octanol–water partition coefficient (Wildman–Crippen LogP) is 5.90. The molecule has 10 heteroatoms. The molecule has 0 fully saturated rings. The number of aryl methyl sites for hydroxylation is 2. The fourth-order valence-electron chi connectivity index (χ4n) is 4.95. The molecule has 46 heavy (non-hydrogen) atoms. The summed E-state index contributed by atoms with van der Waals surface area (Å²) < 4.78 is 75.5. The second-order valence-corrected chi connectivity index (χ2v) is 11.3. The molecule has 0 bridgehead atoms. The van der Waals surface area contributed by atoms with Crippen LogP contribution in [0.3, 0.4) is 0 Å². The number of halogens is 8. The minimum absolute atomic E-state index is 0. The molecule has 0 saturated heterocycles. The van der Waals surface area contributed by atoms with Gasteiger partial charge in [0.05, 0.1) is 11.1 Å². The third-order valence-electron chi connectivity index (χ3n) is 6.84. The number of hydrogen-bond donors (Lipinski definition) is 0. The normalized spacial score (nSPS) is 10.8. The molecule has 0 aliphatic carbocycles. The minimum Gasteiger partial charge on any atom is -1.00 e. The second-order valence-electron chi connectivity index (χ2n) is 10.3. The molecule has 0 N–H and O–H groups in total. The third kappa shape index (κ3) is 10.2. The molecule has 0 heterocycles. The Morgan fingerprint density at radius 1 is 0.522 bits per heavy atom. The molecule has 0 atom stereocenters. The van der Waals surface area contributed by atoms with Crippen LogP contribution in [0.4, 0.5) is 26.3 Å². The van der Waals surface area contributed by atoms with Crippen molar-refractivity contribution in [2.24, 2.45) is 0 Å². The predicted molar refractivity (Wildman–Crippen MR) is 167 cm³/mol. The van der Waals surface area contributed by atoms with Crippen molar-refractivity contribution in [3.8, 4) is 22.3 Å².